The Morgan fingerprint density at radius 1 is 1.08 bits per heavy atom. The molecule has 1 aliphatic heterocycles. The molecule has 1 saturated heterocycles. The van der Waals surface area contributed by atoms with E-state index in [9.17, 15) is 0 Å². The predicted octanol–water partition coefficient (Wildman–Crippen LogP) is 2.71. The number of aryl methyl sites for hydroxylation is 1. The summed E-state index contributed by atoms with van der Waals surface area (Å²) in [6, 6.07) is 8.14. The minimum absolute atomic E-state index is 0.0631. The molecule has 0 amide bonds. The third-order valence-electron chi connectivity index (χ3n) is 4.81. The van der Waals surface area contributed by atoms with Crippen molar-refractivity contribution < 1.29 is 0 Å². The van der Waals surface area contributed by atoms with Crippen LogP contribution in [-0.2, 0) is 6.54 Å². The molecule has 3 rings (SSSR count). The zero-order valence-electron chi connectivity index (χ0n) is 15.3. The first-order chi connectivity index (χ1) is 12.0. The standard InChI is InChI=1S/C18H27ClN6/c1-14(2)8-9-25-18(20-21-22-25)17(15-4-6-16(19)7-5-15)24-12-10-23(3)11-13-24/h4-7,14,17H,8-13H2,1-3H3/t17-/m0/s1. The van der Waals surface area contributed by atoms with Crippen LogP contribution in [0, 0.1) is 5.92 Å². The highest BCUT2D eigenvalue weighted by Crippen LogP contribution is 2.29. The highest BCUT2D eigenvalue weighted by molar-refractivity contribution is 6.30. The summed E-state index contributed by atoms with van der Waals surface area (Å²) in [5.41, 5.74) is 1.19. The van der Waals surface area contributed by atoms with Crippen molar-refractivity contribution in [3.05, 3.63) is 40.7 Å². The number of likely N-dealkylation sites (N-methyl/N-ethyl adjacent to an activating group) is 1. The number of tetrazole rings is 1. The summed E-state index contributed by atoms with van der Waals surface area (Å²) < 4.78 is 1.97. The molecule has 2 heterocycles. The van der Waals surface area contributed by atoms with Crippen LogP contribution in [0.4, 0.5) is 0 Å². The van der Waals surface area contributed by atoms with E-state index in [0.717, 1.165) is 50.0 Å². The highest BCUT2D eigenvalue weighted by Gasteiger charge is 2.29. The summed E-state index contributed by atoms with van der Waals surface area (Å²) in [5, 5.41) is 13.4. The van der Waals surface area contributed by atoms with Crippen LogP contribution in [-0.4, -0.2) is 63.2 Å². The Bertz CT molecular complexity index is 660. The van der Waals surface area contributed by atoms with Gasteiger partial charge in [-0.2, -0.15) is 0 Å². The molecule has 6 nitrogen and oxygen atoms in total. The van der Waals surface area contributed by atoms with Gasteiger partial charge >= 0.3 is 0 Å². The Morgan fingerprint density at radius 3 is 2.40 bits per heavy atom. The van der Waals surface area contributed by atoms with E-state index in [1.54, 1.807) is 0 Å². The molecule has 1 aliphatic rings. The van der Waals surface area contributed by atoms with E-state index in [0.29, 0.717) is 5.92 Å². The number of hydrogen-bond acceptors (Lipinski definition) is 5. The van der Waals surface area contributed by atoms with Crippen molar-refractivity contribution in [2.24, 2.45) is 5.92 Å². The summed E-state index contributed by atoms with van der Waals surface area (Å²) >= 11 is 6.10. The van der Waals surface area contributed by atoms with Crippen LogP contribution in [0.25, 0.3) is 0 Å². The van der Waals surface area contributed by atoms with E-state index in [-0.39, 0.29) is 6.04 Å². The second-order valence-electron chi connectivity index (χ2n) is 7.24. The molecule has 0 radical (unpaired) electrons. The fourth-order valence-electron chi connectivity index (χ4n) is 3.20. The van der Waals surface area contributed by atoms with E-state index in [1.807, 2.05) is 16.8 Å². The maximum absolute atomic E-state index is 6.10. The van der Waals surface area contributed by atoms with Gasteiger partial charge < -0.3 is 4.90 Å². The molecule has 1 atom stereocenters. The van der Waals surface area contributed by atoms with E-state index in [2.05, 4.69) is 58.4 Å². The second-order valence-corrected chi connectivity index (χ2v) is 7.67. The van der Waals surface area contributed by atoms with Crippen LogP contribution in [0.5, 0.6) is 0 Å². The molecule has 0 bridgehead atoms. The lowest BCUT2D eigenvalue weighted by Crippen LogP contribution is -2.46. The fourth-order valence-corrected chi connectivity index (χ4v) is 3.32. The van der Waals surface area contributed by atoms with Crippen molar-refractivity contribution in [3.8, 4) is 0 Å². The molecule has 0 N–H and O–H groups in total. The van der Waals surface area contributed by atoms with Crippen LogP contribution < -0.4 is 0 Å². The minimum Gasteiger partial charge on any atom is -0.304 e. The molecule has 7 heteroatoms. The van der Waals surface area contributed by atoms with Crippen LogP contribution >= 0.6 is 11.6 Å². The summed E-state index contributed by atoms with van der Waals surface area (Å²) in [6.07, 6.45) is 1.06. The van der Waals surface area contributed by atoms with Crippen molar-refractivity contribution in [2.45, 2.75) is 32.9 Å². The van der Waals surface area contributed by atoms with Gasteiger partial charge in [0.25, 0.3) is 0 Å². The largest absolute Gasteiger partial charge is 0.304 e. The lowest BCUT2D eigenvalue weighted by Gasteiger charge is -2.37. The van der Waals surface area contributed by atoms with Crippen molar-refractivity contribution in [1.29, 1.82) is 0 Å². The Kier molecular flexibility index (Phi) is 6.04. The summed E-state index contributed by atoms with van der Waals surface area (Å²) in [4.78, 5) is 4.83. The summed E-state index contributed by atoms with van der Waals surface area (Å²) in [7, 11) is 2.17. The van der Waals surface area contributed by atoms with Gasteiger partial charge in [0.2, 0.25) is 0 Å². The molecule has 1 aromatic carbocycles. The summed E-state index contributed by atoms with van der Waals surface area (Å²) in [5.74, 6) is 1.54. The third kappa shape index (κ3) is 4.57. The van der Waals surface area contributed by atoms with Crippen molar-refractivity contribution in [1.82, 2.24) is 30.0 Å². The van der Waals surface area contributed by atoms with Crippen LogP contribution in [0.1, 0.15) is 37.7 Å². The average molecular weight is 363 g/mol. The van der Waals surface area contributed by atoms with Crippen molar-refractivity contribution in [2.75, 3.05) is 33.2 Å². The number of hydrogen-bond donors (Lipinski definition) is 0. The number of rotatable bonds is 6. The quantitative estimate of drug-likeness (QED) is 0.790. The van der Waals surface area contributed by atoms with Crippen molar-refractivity contribution >= 4 is 11.6 Å². The van der Waals surface area contributed by atoms with Gasteiger partial charge in [-0.25, -0.2) is 4.68 Å². The van der Waals surface area contributed by atoms with E-state index >= 15 is 0 Å². The van der Waals surface area contributed by atoms with Gasteiger partial charge in [0.15, 0.2) is 5.82 Å². The van der Waals surface area contributed by atoms with Gasteiger partial charge in [-0.05, 0) is 47.5 Å². The first kappa shape index (κ1) is 18.3. The molecule has 1 aromatic heterocycles. The number of halogens is 1. The normalized spacial score (nSPS) is 18.0. The molecule has 0 unspecified atom stereocenters. The average Bonchev–Trinajstić information content (AvgIpc) is 3.05. The number of aromatic nitrogens is 4. The number of piperazine rings is 1. The predicted molar refractivity (Wildman–Crippen MR) is 99.6 cm³/mol. The molecule has 1 fully saturated rings. The molecule has 136 valence electrons. The molecule has 0 spiro atoms. The minimum atomic E-state index is 0.0631. The SMILES string of the molecule is CC(C)CCn1nnnc1[C@H](c1ccc(Cl)cc1)N1CCN(C)CC1. The Hall–Kier alpha value is -1.50. The van der Waals surface area contributed by atoms with Gasteiger partial charge in [0.05, 0.1) is 6.04 Å². The first-order valence-corrected chi connectivity index (χ1v) is 9.36. The fraction of sp³-hybridized carbons (Fsp3) is 0.611. The molecular weight excluding hydrogens is 336 g/mol. The zero-order valence-corrected chi connectivity index (χ0v) is 16.0. The maximum Gasteiger partial charge on any atom is 0.173 e. The lowest BCUT2D eigenvalue weighted by atomic mass is 10.0. The van der Waals surface area contributed by atoms with Crippen LogP contribution in [0.3, 0.4) is 0 Å². The molecule has 2 aromatic rings. The Labute approximate surface area is 154 Å². The van der Waals surface area contributed by atoms with Crippen LogP contribution in [0.15, 0.2) is 24.3 Å². The number of nitrogens with zero attached hydrogens (tertiary/aromatic N) is 6. The van der Waals surface area contributed by atoms with Gasteiger partial charge in [0.1, 0.15) is 0 Å². The smallest absolute Gasteiger partial charge is 0.173 e. The van der Waals surface area contributed by atoms with E-state index < -0.39 is 0 Å². The molecule has 0 aliphatic carbocycles. The monoisotopic (exact) mass is 362 g/mol. The maximum atomic E-state index is 6.10. The van der Waals surface area contributed by atoms with E-state index in [1.165, 1.54) is 5.56 Å². The Morgan fingerprint density at radius 2 is 1.76 bits per heavy atom. The topological polar surface area (TPSA) is 50.1 Å². The zero-order chi connectivity index (χ0) is 17.8. The van der Waals surface area contributed by atoms with Gasteiger partial charge in [0, 0.05) is 37.7 Å². The second kappa shape index (κ2) is 8.25. The molecule has 25 heavy (non-hydrogen) atoms. The lowest BCUT2D eigenvalue weighted by molar-refractivity contribution is 0.121. The molecule has 0 saturated carbocycles. The van der Waals surface area contributed by atoms with Gasteiger partial charge in [-0.3, -0.25) is 4.90 Å². The van der Waals surface area contributed by atoms with E-state index in [4.69, 9.17) is 11.6 Å². The van der Waals surface area contributed by atoms with Crippen LogP contribution in [0.2, 0.25) is 5.02 Å². The van der Waals surface area contributed by atoms with Gasteiger partial charge in [-0.1, -0.05) is 37.6 Å². The Balaban J connectivity index is 1.91. The third-order valence-corrected chi connectivity index (χ3v) is 5.06. The van der Waals surface area contributed by atoms with Gasteiger partial charge in [-0.15, -0.1) is 5.10 Å². The first-order valence-electron chi connectivity index (χ1n) is 8.98. The summed E-state index contributed by atoms with van der Waals surface area (Å²) in [6.45, 7) is 9.40. The molecular formula is C18H27ClN6. The highest BCUT2D eigenvalue weighted by atomic mass is 35.5. The van der Waals surface area contributed by atoms with Crippen molar-refractivity contribution in [3.63, 3.8) is 0 Å². The number of benzene rings is 1.